The van der Waals surface area contributed by atoms with E-state index in [4.69, 9.17) is 11.6 Å². The van der Waals surface area contributed by atoms with Crippen molar-refractivity contribution < 1.29 is 8.42 Å². The summed E-state index contributed by atoms with van der Waals surface area (Å²) in [6.45, 7) is 6.56. The van der Waals surface area contributed by atoms with E-state index in [1.54, 1.807) is 0 Å². The van der Waals surface area contributed by atoms with Gasteiger partial charge in [0.15, 0.2) is 0 Å². The monoisotopic (exact) mass is 227 g/mol. The van der Waals surface area contributed by atoms with Gasteiger partial charge in [-0.15, -0.1) is 11.6 Å². The fourth-order valence-corrected chi connectivity index (χ4v) is 2.17. The molecule has 0 aliphatic heterocycles. The summed E-state index contributed by atoms with van der Waals surface area (Å²) in [5.74, 6) is 0.135. The Morgan fingerprint density at radius 2 is 1.92 bits per heavy atom. The van der Waals surface area contributed by atoms with Crippen molar-refractivity contribution in [3.8, 4) is 0 Å². The summed E-state index contributed by atoms with van der Waals surface area (Å²) in [4.78, 5) is 0. The topological polar surface area (TPSA) is 46.2 Å². The van der Waals surface area contributed by atoms with Gasteiger partial charge in [0.05, 0.1) is 5.75 Å². The average molecular weight is 228 g/mol. The lowest BCUT2D eigenvalue weighted by molar-refractivity contribution is 0.350. The van der Waals surface area contributed by atoms with Gasteiger partial charge in [0.25, 0.3) is 0 Å². The van der Waals surface area contributed by atoms with E-state index >= 15 is 0 Å². The van der Waals surface area contributed by atoms with Crippen LogP contribution in [0.15, 0.2) is 0 Å². The molecule has 0 saturated carbocycles. The van der Waals surface area contributed by atoms with Crippen molar-refractivity contribution in [2.45, 2.75) is 27.2 Å². The third-order valence-electron chi connectivity index (χ3n) is 2.07. The van der Waals surface area contributed by atoms with Crippen molar-refractivity contribution in [3.05, 3.63) is 0 Å². The van der Waals surface area contributed by atoms with E-state index in [-0.39, 0.29) is 17.0 Å². The molecule has 0 aromatic rings. The second-order valence-electron chi connectivity index (χ2n) is 3.85. The van der Waals surface area contributed by atoms with Gasteiger partial charge in [0, 0.05) is 12.4 Å². The van der Waals surface area contributed by atoms with Gasteiger partial charge in [-0.2, -0.15) is 0 Å². The molecular weight excluding hydrogens is 210 g/mol. The fourth-order valence-electron chi connectivity index (χ4n) is 0.604. The molecule has 0 aliphatic carbocycles. The highest BCUT2D eigenvalue weighted by Crippen LogP contribution is 2.17. The standard InChI is InChI=1S/C8H18ClNO2S/c1-4-8(2,3)7-10-13(11,12)6-5-9/h10H,4-7H2,1-3H3. The number of hydrogen-bond acceptors (Lipinski definition) is 2. The molecular formula is C8H18ClNO2S. The molecule has 80 valence electrons. The average Bonchev–Trinajstić information content (AvgIpc) is 2.02. The highest BCUT2D eigenvalue weighted by atomic mass is 35.5. The molecule has 0 rings (SSSR count). The van der Waals surface area contributed by atoms with Gasteiger partial charge in [0.1, 0.15) is 0 Å². The van der Waals surface area contributed by atoms with Crippen LogP contribution in [0.3, 0.4) is 0 Å². The molecule has 0 atom stereocenters. The lowest BCUT2D eigenvalue weighted by Crippen LogP contribution is -2.35. The van der Waals surface area contributed by atoms with Crippen LogP contribution in [0.25, 0.3) is 0 Å². The van der Waals surface area contributed by atoms with Crippen LogP contribution in [-0.4, -0.2) is 26.6 Å². The second kappa shape index (κ2) is 5.17. The number of nitrogens with one attached hydrogen (secondary N) is 1. The first-order valence-electron chi connectivity index (χ1n) is 4.36. The largest absolute Gasteiger partial charge is 0.215 e. The van der Waals surface area contributed by atoms with Crippen LogP contribution in [0.4, 0.5) is 0 Å². The number of sulfonamides is 1. The highest BCUT2D eigenvalue weighted by molar-refractivity contribution is 7.89. The van der Waals surface area contributed by atoms with Gasteiger partial charge in [-0.1, -0.05) is 20.8 Å². The Balaban J connectivity index is 4.02. The molecule has 0 amide bonds. The molecule has 0 unspecified atom stereocenters. The van der Waals surface area contributed by atoms with E-state index < -0.39 is 10.0 Å². The first-order valence-corrected chi connectivity index (χ1v) is 6.55. The van der Waals surface area contributed by atoms with Gasteiger partial charge in [-0.25, -0.2) is 13.1 Å². The fraction of sp³-hybridized carbons (Fsp3) is 1.00. The van der Waals surface area contributed by atoms with Crippen molar-refractivity contribution in [3.63, 3.8) is 0 Å². The van der Waals surface area contributed by atoms with Crippen LogP contribution in [0.5, 0.6) is 0 Å². The van der Waals surface area contributed by atoms with Gasteiger partial charge in [-0.3, -0.25) is 0 Å². The van der Waals surface area contributed by atoms with E-state index in [0.29, 0.717) is 6.54 Å². The van der Waals surface area contributed by atoms with Crippen LogP contribution in [0.1, 0.15) is 27.2 Å². The van der Waals surface area contributed by atoms with E-state index in [9.17, 15) is 8.42 Å². The van der Waals surface area contributed by atoms with E-state index in [0.717, 1.165) is 6.42 Å². The maximum absolute atomic E-state index is 11.2. The molecule has 0 spiro atoms. The molecule has 3 nitrogen and oxygen atoms in total. The molecule has 0 saturated heterocycles. The second-order valence-corrected chi connectivity index (χ2v) is 6.15. The van der Waals surface area contributed by atoms with Crippen molar-refractivity contribution >= 4 is 21.6 Å². The number of hydrogen-bond donors (Lipinski definition) is 1. The third-order valence-corrected chi connectivity index (χ3v) is 3.81. The molecule has 0 radical (unpaired) electrons. The summed E-state index contributed by atoms with van der Waals surface area (Å²) in [7, 11) is -3.16. The predicted octanol–water partition coefficient (Wildman–Crippen LogP) is 1.58. The maximum atomic E-state index is 11.2. The summed E-state index contributed by atoms with van der Waals surface area (Å²) < 4.78 is 24.9. The van der Waals surface area contributed by atoms with Gasteiger partial charge >= 0.3 is 0 Å². The maximum Gasteiger partial charge on any atom is 0.212 e. The number of alkyl halides is 1. The summed E-state index contributed by atoms with van der Waals surface area (Å²) in [6, 6.07) is 0. The normalized spacial score (nSPS) is 13.2. The Labute approximate surface area is 85.9 Å². The molecule has 1 N–H and O–H groups in total. The summed E-state index contributed by atoms with van der Waals surface area (Å²) >= 11 is 5.35. The Morgan fingerprint density at radius 3 is 2.31 bits per heavy atom. The Bertz CT molecular complexity index is 237. The summed E-state index contributed by atoms with van der Waals surface area (Å²) in [5, 5.41) is 0. The minimum Gasteiger partial charge on any atom is -0.215 e. The van der Waals surface area contributed by atoms with Crippen LogP contribution in [0.2, 0.25) is 0 Å². The van der Waals surface area contributed by atoms with E-state index in [1.165, 1.54) is 0 Å². The molecule has 5 heteroatoms. The van der Waals surface area contributed by atoms with Crippen LogP contribution in [0, 0.1) is 5.41 Å². The van der Waals surface area contributed by atoms with Crippen LogP contribution in [-0.2, 0) is 10.0 Å². The van der Waals surface area contributed by atoms with Crippen molar-refractivity contribution in [1.82, 2.24) is 4.72 Å². The van der Waals surface area contributed by atoms with Crippen molar-refractivity contribution in [2.75, 3.05) is 18.2 Å². The highest BCUT2D eigenvalue weighted by Gasteiger charge is 2.18. The van der Waals surface area contributed by atoms with Crippen LogP contribution >= 0.6 is 11.6 Å². The first kappa shape index (κ1) is 13.2. The molecule has 0 aromatic heterocycles. The lowest BCUT2D eigenvalue weighted by atomic mass is 9.91. The van der Waals surface area contributed by atoms with Gasteiger partial charge in [-0.05, 0) is 11.8 Å². The Kier molecular flexibility index (Phi) is 5.25. The molecule has 0 heterocycles. The lowest BCUT2D eigenvalue weighted by Gasteiger charge is -2.22. The van der Waals surface area contributed by atoms with Crippen molar-refractivity contribution in [1.29, 1.82) is 0 Å². The number of rotatable bonds is 6. The molecule has 0 aromatic carbocycles. The van der Waals surface area contributed by atoms with Gasteiger partial charge in [0.2, 0.25) is 10.0 Å². The summed E-state index contributed by atoms with van der Waals surface area (Å²) in [6.07, 6.45) is 0.941. The Hall–Kier alpha value is 0.200. The van der Waals surface area contributed by atoms with Crippen LogP contribution < -0.4 is 4.72 Å². The third kappa shape index (κ3) is 6.29. The van der Waals surface area contributed by atoms with E-state index in [2.05, 4.69) is 4.72 Å². The van der Waals surface area contributed by atoms with Gasteiger partial charge < -0.3 is 0 Å². The zero-order chi connectivity index (χ0) is 10.5. The molecule has 0 aliphatic rings. The molecule has 13 heavy (non-hydrogen) atoms. The van der Waals surface area contributed by atoms with E-state index in [1.807, 2.05) is 20.8 Å². The minimum atomic E-state index is -3.16. The number of halogens is 1. The SMILES string of the molecule is CCC(C)(C)CNS(=O)(=O)CCCl. The molecule has 0 bridgehead atoms. The zero-order valence-corrected chi connectivity index (χ0v) is 10.0. The zero-order valence-electron chi connectivity index (χ0n) is 8.43. The molecule has 0 fully saturated rings. The first-order chi connectivity index (χ1) is 5.83. The summed E-state index contributed by atoms with van der Waals surface area (Å²) in [5.41, 5.74) is 0.0133. The minimum absolute atomic E-state index is 0.00561. The van der Waals surface area contributed by atoms with Crippen molar-refractivity contribution in [2.24, 2.45) is 5.41 Å². The Morgan fingerprint density at radius 1 is 1.38 bits per heavy atom. The quantitative estimate of drug-likeness (QED) is 0.701. The predicted molar refractivity (Wildman–Crippen MR) is 56.6 cm³/mol. The smallest absolute Gasteiger partial charge is 0.212 e.